The molecular formula is C21H24N4O3S. The monoisotopic (exact) mass is 412 g/mol. The van der Waals surface area contributed by atoms with Gasteiger partial charge < -0.3 is 9.47 Å². The van der Waals surface area contributed by atoms with Crippen LogP contribution in [-0.2, 0) is 29.5 Å². The second-order valence-corrected chi connectivity index (χ2v) is 9.26. The van der Waals surface area contributed by atoms with Crippen molar-refractivity contribution in [1.82, 2.24) is 14.5 Å². The maximum absolute atomic E-state index is 13.0. The SMILES string of the molecule is CCn1c(CN(C)C(=O)c2ccc3c(c2)CCN3S(C)(=O)=O)nc2ccccc21. The Labute approximate surface area is 170 Å². The van der Waals surface area contributed by atoms with E-state index in [0.717, 1.165) is 29.0 Å². The molecule has 3 aromatic rings. The number of aryl methyl sites for hydroxylation is 1. The van der Waals surface area contributed by atoms with Gasteiger partial charge in [-0.3, -0.25) is 9.10 Å². The molecule has 0 aliphatic carbocycles. The van der Waals surface area contributed by atoms with E-state index in [2.05, 4.69) is 11.5 Å². The molecule has 1 amide bonds. The molecule has 0 bridgehead atoms. The number of carbonyl (C=O) groups excluding carboxylic acids is 1. The number of sulfonamides is 1. The van der Waals surface area contributed by atoms with E-state index in [-0.39, 0.29) is 5.91 Å². The molecule has 0 unspecified atom stereocenters. The third-order valence-corrected chi connectivity index (χ3v) is 6.53. The highest BCUT2D eigenvalue weighted by atomic mass is 32.2. The number of imidazole rings is 1. The van der Waals surface area contributed by atoms with Gasteiger partial charge in [0.2, 0.25) is 10.0 Å². The first-order valence-electron chi connectivity index (χ1n) is 9.60. The van der Waals surface area contributed by atoms with E-state index in [1.807, 2.05) is 30.3 Å². The summed E-state index contributed by atoms with van der Waals surface area (Å²) in [6.07, 6.45) is 1.81. The van der Waals surface area contributed by atoms with Crippen molar-refractivity contribution < 1.29 is 13.2 Å². The molecule has 0 fully saturated rings. The molecule has 0 saturated heterocycles. The third kappa shape index (κ3) is 3.48. The Bertz CT molecular complexity index is 1200. The van der Waals surface area contributed by atoms with Gasteiger partial charge in [-0.25, -0.2) is 13.4 Å². The van der Waals surface area contributed by atoms with Gasteiger partial charge in [0.05, 0.1) is 29.5 Å². The number of para-hydroxylation sites is 2. The number of anilines is 1. The van der Waals surface area contributed by atoms with Crippen molar-refractivity contribution in [2.75, 3.05) is 24.2 Å². The smallest absolute Gasteiger partial charge is 0.254 e. The van der Waals surface area contributed by atoms with Crippen LogP contribution < -0.4 is 4.31 Å². The zero-order chi connectivity index (χ0) is 20.8. The van der Waals surface area contributed by atoms with Crippen LogP contribution in [0.25, 0.3) is 11.0 Å². The van der Waals surface area contributed by atoms with Gasteiger partial charge in [0.1, 0.15) is 5.82 Å². The fraction of sp³-hybridized carbons (Fsp3) is 0.333. The van der Waals surface area contributed by atoms with Crippen LogP contribution in [0.3, 0.4) is 0 Å². The third-order valence-electron chi connectivity index (χ3n) is 5.35. The lowest BCUT2D eigenvalue weighted by Crippen LogP contribution is -2.28. The summed E-state index contributed by atoms with van der Waals surface area (Å²) in [7, 11) is -1.54. The van der Waals surface area contributed by atoms with Crippen LogP contribution in [0.2, 0.25) is 0 Å². The van der Waals surface area contributed by atoms with E-state index < -0.39 is 10.0 Å². The maximum Gasteiger partial charge on any atom is 0.254 e. The molecule has 0 radical (unpaired) electrons. The maximum atomic E-state index is 13.0. The van der Waals surface area contributed by atoms with Crippen molar-refractivity contribution in [3.8, 4) is 0 Å². The summed E-state index contributed by atoms with van der Waals surface area (Å²) in [6, 6.07) is 13.2. The van der Waals surface area contributed by atoms with Gasteiger partial charge in [-0.05, 0) is 49.2 Å². The number of benzene rings is 2. The number of amides is 1. The van der Waals surface area contributed by atoms with Crippen LogP contribution in [0.5, 0.6) is 0 Å². The summed E-state index contributed by atoms with van der Waals surface area (Å²) in [5.74, 6) is 0.731. The Morgan fingerprint density at radius 3 is 2.69 bits per heavy atom. The van der Waals surface area contributed by atoms with Gasteiger partial charge in [0.15, 0.2) is 0 Å². The van der Waals surface area contributed by atoms with E-state index in [4.69, 9.17) is 4.98 Å². The number of hydrogen-bond acceptors (Lipinski definition) is 4. The molecule has 0 saturated carbocycles. The first-order chi connectivity index (χ1) is 13.8. The second-order valence-electron chi connectivity index (χ2n) is 7.35. The van der Waals surface area contributed by atoms with Crippen LogP contribution in [-0.4, -0.2) is 48.6 Å². The summed E-state index contributed by atoms with van der Waals surface area (Å²) in [5, 5.41) is 0. The van der Waals surface area contributed by atoms with E-state index in [0.29, 0.717) is 30.8 Å². The summed E-state index contributed by atoms with van der Waals surface area (Å²) in [6.45, 7) is 3.65. The van der Waals surface area contributed by atoms with Crippen molar-refractivity contribution >= 4 is 32.7 Å². The lowest BCUT2D eigenvalue weighted by molar-refractivity contribution is 0.0780. The van der Waals surface area contributed by atoms with Gasteiger partial charge in [-0.15, -0.1) is 0 Å². The minimum atomic E-state index is -3.30. The van der Waals surface area contributed by atoms with Gasteiger partial charge in [-0.1, -0.05) is 12.1 Å². The van der Waals surface area contributed by atoms with Crippen molar-refractivity contribution in [1.29, 1.82) is 0 Å². The van der Waals surface area contributed by atoms with Crippen molar-refractivity contribution in [3.05, 3.63) is 59.4 Å². The number of fused-ring (bicyclic) bond motifs is 2. The Morgan fingerprint density at radius 1 is 1.21 bits per heavy atom. The van der Waals surface area contributed by atoms with E-state index in [1.165, 1.54) is 10.6 Å². The highest BCUT2D eigenvalue weighted by molar-refractivity contribution is 7.92. The molecule has 0 spiro atoms. The van der Waals surface area contributed by atoms with Gasteiger partial charge in [0.25, 0.3) is 5.91 Å². The van der Waals surface area contributed by atoms with E-state index in [9.17, 15) is 13.2 Å². The Morgan fingerprint density at radius 2 is 1.97 bits per heavy atom. The summed E-state index contributed by atoms with van der Waals surface area (Å²) >= 11 is 0. The standard InChI is InChI=1S/C21H24N4O3S/c1-4-24-19-8-6-5-7-17(19)22-20(24)14-23(2)21(26)16-9-10-18-15(13-16)11-12-25(18)29(3,27)28/h5-10,13H,4,11-12,14H2,1-3H3. The molecule has 152 valence electrons. The number of nitrogens with zero attached hydrogens (tertiary/aromatic N) is 4. The highest BCUT2D eigenvalue weighted by Crippen LogP contribution is 2.31. The summed E-state index contributed by atoms with van der Waals surface area (Å²) in [5.41, 5.74) is 4.09. The van der Waals surface area contributed by atoms with Crippen LogP contribution in [0.15, 0.2) is 42.5 Å². The number of hydrogen-bond donors (Lipinski definition) is 0. The highest BCUT2D eigenvalue weighted by Gasteiger charge is 2.27. The van der Waals surface area contributed by atoms with E-state index in [1.54, 1.807) is 24.1 Å². The molecule has 0 N–H and O–H groups in total. The summed E-state index contributed by atoms with van der Waals surface area (Å²) < 4.78 is 27.3. The Hall–Kier alpha value is -2.87. The largest absolute Gasteiger partial charge is 0.334 e. The van der Waals surface area contributed by atoms with Crippen molar-refractivity contribution in [2.24, 2.45) is 0 Å². The predicted octanol–water partition coefficient (Wildman–Crippen LogP) is 2.65. The first kappa shape index (κ1) is 19.4. The normalized spacial score (nSPS) is 13.7. The molecule has 1 aliphatic heterocycles. The quantitative estimate of drug-likeness (QED) is 0.646. The molecule has 1 aliphatic rings. The molecule has 29 heavy (non-hydrogen) atoms. The molecule has 2 aromatic carbocycles. The number of rotatable bonds is 5. The average Bonchev–Trinajstić information content (AvgIpc) is 3.27. The van der Waals surface area contributed by atoms with Crippen LogP contribution in [0.4, 0.5) is 5.69 Å². The van der Waals surface area contributed by atoms with Crippen LogP contribution in [0.1, 0.15) is 28.7 Å². The average molecular weight is 413 g/mol. The minimum Gasteiger partial charge on any atom is -0.334 e. The van der Waals surface area contributed by atoms with Crippen LogP contribution in [0, 0.1) is 0 Å². The molecule has 0 atom stereocenters. The Kier molecular flexibility index (Phi) is 4.82. The molecule has 8 heteroatoms. The van der Waals surface area contributed by atoms with Crippen molar-refractivity contribution in [2.45, 2.75) is 26.4 Å². The van der Waals surface area contributed by atoms with Gasteiger partial charge in [-0.2, -0.15) is 0 Å². The molecule has 1 aromatic heterocycles. The van der Waals surface area contributed by atoms with Gasteiger partial charge in [0, 0.05) is 25.7 Å². The molecule has 4 rings (SSSR count). The fourth-order valence-corrected chi connectivity index (χ4v) is 4.91. The first-order valence-corrected chi connectivity index (χ1v) is 11.4. The molecule has 7 nitrogen and oxygen atoms in total. The van der Waals surface area contributed by atoms with Crippen LogP contribution >= 0.6 is 0 Å². The van der Waals surface area contributed by atoms with Gasteiger partial charge >= 0.3 is 0 Å². The molecular weight excluding hydrogens is 388 g/mol. The van der Waals surface area contributed by atoms with E-state index >= 15 is 0 Å². The zero-order valence-corrected chi connectivity index (χ0v) is 17.6. The Balaban J connectivity index is 1.58. The zero-order valence-electron chi connectivity index (χ0n) is 16.8. The summed E-state index contributed by atoms with van der Waals surface area (Å²) in [4.78, 5) is 19.3. The second kappa shape index (κ2) is 7.18. The number of aromatic nitrogens is 2. The number of carbonyl (C=O) groups is 1. The minimum absolute atomic E-state index is 0.111. The lowest BCUT2D eigenvalue weighted by atomic mass is 10.1. The lowest BCUT2D eigenvalue weighted by Gasteiger charge is -2.19. The predicted molar refractivity (Wildman–Crippen MR) is 114 cm³/mol. The fourth-order valence-electron chi connectivity index (χ4n) is 3.95. The van der Waals surface area contributed by atoms with Crippen molar-refractivity contribution in [3.63, 3.8) is 0 Å². The topological polar surface area (TPSA) is 75.5 Å². The molecule has 2 heterocycles.